The van der Waals surface area contributed by atoms with Crippen molar-refractivity contribution >= 4 is 5.91 Å². The summed E-state index contributed by atoms with van der Waals surface area (Å²) in [4.78, 5) is 16.7. The van der Waals surface area contributed by atoms with E-state index >= 15 is 0 Å². The normalized spacial score (nSPS) is 18.4. The van der Waals surface area contributed by atoms with E-state index in [-0.39, 0.29) is 11.8 Å². The van der Waals surface area contributed by atoms with Crippen LogP contribution in [0.1, 0.15) is 31.2 Å². The van der Waals surface area contributed by atoms with E-state index in [2.05, 4.69) is 0 Å². The van der Waals surface area contributed by atoms with Crippen molar-refractivity contribution in [3.05, 3.63) is 35.9 Å². The molecule has 1 amide bonds. The molecule has 1 saturated carbocycles. The van der Waals surface area contributed by atoms with Crippen molar-refractivity contribution in [2.75, 3.05) is 34.2 Å². The molecular formula is C18H28N2O2. The third-order valence-electron chi connectivity index (χ3n) is 4.72. The van der Waals surface area contributed by atoms with Crippen molar-refractivity contribution in [1.29, 1.82) is 0 Å². The number of hydrogen-bond donors (Lipinski definition) is 1. The molecule has 1 aliphatic carbocycles. The van der Waals surface area contributed by atoms with Crippen molar-refractivity contribution < 1.29 is 9.90 Å². The van der Waals surface area contributed by atoms with E-state index < -0.39 is 5.60 Å². The molecule has 1 aromatic carbocycles. The van der Waals surface area contributed by atoms with E-state index in [4.69, 9.17) is 0 Å². The molecule has 0 heterocycles. The van der Waals surface area contributed by atoms with Crippen LogP contribution in [0.5, 0.6) is 0 Å². The maximum absolute atomic E-state index is 13.0. The average molecular weight is 304 g/mol. The van der Waals surface area contributed by atoms with Gasteiger partial charge >= 0.3 is 0 Å². The minimum Gasteiger partial charge on any atom is -0.375 e. The highest BCUT2D eigenvalue weighted by atomic mass is 16.3. The van der Waals surface area contributed by atoms with Crippen LogP contribution in [-0.4, -0.2) is 55.0 Å². The number of carbonyl (C=O) groups excluding carboxylic acids is 1. The molecule has 22 heavy (non-hydrogen) atoms. The zero-order valence-electron chi connectivity index (χ0n) is 14.0. The number of carbonyl (C=O) groups is 1. The van der Waals surface area contributed by atoms with Gasteiger partial charge in [-0.2, -0.15) is 0 Å². The first kappa shape index (κ1) is 17.0. The number of amides is 1. The quantitative estimate of drug-likeness (QED) is 0.875. The van der Waals surface area contributed by atoms with E-state index in [0.29, 0.717) is 6.54 Å². The van der Waals surface area contributed by atoms with E-state index in [1.807, 2.05) is 49.3 Å². The molecule has 1 aliphatic rings. The Morgan fingerprint density at radius 2 is 1.73 bits per heavy atom. The van der Waals surface area contributed by atoms with Gasteiger partial charge in [0.1, 0.15) is 0 Å². The Morgan fingerprint density at radius 1 is 1.14 bits per heavy atom. The Balaban J connectivity index is 2.26. The Kier molecular flexibility index (Phi) is 5.59. The van der Waals surface area contributed by atoms with Gasteiger partial charge in [-0.05, 0) is 32.5 Å². The summed E-state index contributed by atoms with van der Waals surface area (Å²) >= 11 is 0. The Labute approximate surface area is 133 Å². The third kappa shape index (κ3) is 3.50. The first-order chi connectivity index (χ1) is 10.5. The molecule has 4 heteroatoms. The lowest BCUT2D eigenvalue weighted by molar-refractivity contribution is -0.158. The zero-order chi connectivity index (χ0) is 16.2. The predicted molar refractivity (Wildman–Crippen MR) is 88.5 cm³/mol. The molecule has 0 aromatic heterocycles. The molecular weight excluding hydrogens is 276 g/mol. The van der Waals surface area contributed by atoms with Crippen LogP contribution in [0.3, 0.4) is 0 Å². The minimum atomic E-state index is -1.39. The van der Waals surface area contributed by atoms with Crippen LogP contribution in [0.25, 0.3) is 0 Å². The molecule has 2 rings (SSSR count). The summed E-state index contributed by atoms with van der Waals surface area (Å²) in [6.07, 6.45) is 4.01. The van der Waals surface area contributed by atoms with Crippen molar-refractivity contribution in [2.24, 2.45) is 5.92 Å². The summed E-state index contributed by atoms with van der Waals surface area (Å²) in [6.45, 7) is 1.41. The molecule has 1 unspecified atom stereocenters. The highest BCUT2D eigenvalue weighted by molar-refractivity contribution is 5.86. The molecule has 0 spiro atoms. The van der Waals surface area contributed by atoms with Crippen molar-refractivity contribution in [3.8, 4) is 0 Å². The van der Waals surface area contributed by atoms with Gasteiger partial charge in [-0.1, -0.05) is 43.2 Å². The summed E-state index contributed by atoms with van der Waals surface area (Å²) in [5.74, 6) is -0.156. The lowest BCUT2D eigenvalue weighted by Gasteiger charge is -2.36. The van der Waals surface area contributed by atoms with E-state index in [0.717, 1.165) is 37.8 Å². The van der Waals surface area contributed by atoms with E-state index in [1.54, 1.807) is 11.9 Å². The Hall–Kier alpha value is -1.39. The minimum absolute atomic E-state index is 0.0178. The molecule has 0 radical (unpaired) electrons. The maximum Gasteiger partial charge on any atom is 0.259 e. The van der Waals surface area contributed by atoms with Crippen LogP contribution in [0.15, 0.2) is 30.3 Å². The van der Waals surface area contributed by atoms with Crippen LogP contribution in [0.4, 0.5) is 0 Å². The molecule has 0 aliphatic heterocycles. The summed E-state index contributed by atoms with van der Waals surface area (Å²) in [7, 11) is 5.76. The van der Waals surface area contributed by atoms with Crippen LogP contribution in [0, 0.1) is 5.92 Å². The summed E-state index contributed by atoms with van der Waals surface area (Å²) in [5.41, 5.74) is -0.664. The fourth-order valence-corrected chi connectivity index (χ4v) is 3.31. The number of rotatable bonds is 6. The van der Waals surface area contributed by atoms with Gasteiger partial charge in [-0.3, -0.25) is 4.79 Å². The monoisotopic (exact) mass is 304 g/mol. The van der Waals surface area contributed by atoms with Crippen LogP contribution in [0.2, 0.25) is 0 Å². The second-order valence-electron chi connectivity index (χ2n) is 6.64. The number of aliphatic hydroxyl groups is 1. The van der Waals surface area contributed by atoms with Crippen LogP contribution >= 0.6 is 0 Å². The Morgan fingerprint density at radius 3 is 2.27 bits per heavy atom. The molecule has 1 N–H and O–H groups in total. The smallest absolute Gasteiger partial charge is 0.259 e. The molecule has 0 saturated heterocycles. The second kappa shape index (κ2) is 7.25. The number of likely N-dealkylation sites (N-methyl/N-ethyl adjacent to an activating group) is 2. The summed E-state index contributed by atoms with van der Waals surface area (Å²) in [5, 5.41) is 11.4. The third-order valence-corrected chi connectivity index (χ3v) is 4.72. The van der Waals surface area contributed by atoms with Crippen molar-refractivity contribution in [3.63, 3.8) is 0 Å². The Bertz CT molecular complexity index is 483. The topological polar surface area (TPSA) is 43.8 Å². The van der Waals surface area contributed by atoms with Gasteiger partial charge in [0.25, 0.3) is 5.91 Å². The van der Waals surface area contributed by atoms with E-state index in [9.17, 15) is 9.90 Å². The highest BCUT2D eigenvalue weighted by Gasteiger charge is 2.47. The van der Waals surface area contributed by atoms with Gasteiger partial charge in [-0.25, -0.2) is 0 Å². The van der Waals surface area contributed by atoms with Gasteiger partial charge in [0, 0.05) is 26.1 Å². The number of benzene rings is 1. The molecule has 0 bridgehead atoms. The molecule has 122 valence electrons. The fourth-order valence-electron chi connectivity index (χ4n) is 3.31. The fraction of sp³-hybridized carbons (Fsp3) is 0.611. The summed E-state index contributed by atoms with van der Waals surface area (Å²) in [6, 6.07) is 9.44. The van der Waals surface area contributed by atoms with Crippen molar-refractivity contribution in [1.82, 2.24) is 9.80 Å². The highest BCUT2D eigenvalue weighted by Crippen LogP contribution is 2.41. The number of hydrogen-bond acceptors (Lipinski definition) is 3. The second-order valence-corrected chi connectivity index (χ2v) is 6.64. The van der Waals surface area contributed by atoms with E-state index in [1.165, 1.54) is 0 Å². The van der Waals surface area contributed by atoms with Gasteiger partial charge < -0.3 is 14.9 Å². The lowest BCUT2D eigenvalue weighted by Crippen LogP contribution is -2.50. The van der Waals surface area contributed by atoms with Crippen molar-refractivity contribution in [2.45, 2.75) is 31.3 Å². The first-order valence-corrected chi connectivity index (χ1v) is 8.14. The maximum atomic E-state index is 13.0. The molecule has 4 nitrogen and oxygen atoms in total. The number of nitrogens with zero attached hydrogens (tertiary/aromatic N) is 2. The van der Waals surface area contributed by atoms with Gasteiger partial charge in [0.15, 0.2) is 5.60 Å². The standard InChI is InChI=1S/C18H28N2O2/c1-19(2)13-14-20(3)17(21)18(22,16-11-7-8-12-16)15-9-5-4-6-10-15/h4-6,9-10,16,22H,7-8,11-14H2,1-3H3. The van der Waals surface area contributed by atoms with Gasteiger partial charge in [0.2, 0.25) is 0 Å². The largest absolute Gasteiger partial charge is 0.375 e. The summed E-state index contributed by atoms with van der Waals surface area (Å²) < 4.78 is 0. The average Bonchev–Trinajstić information content (AvgIpc) is 3.06. The molecule has 1 aromatic rings. The lowest BCUT2D eigenvalue weighted by atomic mass is 9.79. The first-order valence-electron chi connectivity index (χ1n) is 8.14. The molecule has 1 atom stereocenters. The zero-order valence-corrected chi connectivity index (χ0v) is 14.0. The van der Waals surface area contributed by atoms with Crippen LogP contribution in [-0.2, 0) is 10.4 Å². The van der Waals surface area contributed by atoms with Crippen LogP contribution < -0.4 is 0 Å². The SMILES string of the molecule is CN(C)CCN(C)C(=O)C(O)(c1ccccc1)C1CCCC1. The van der Waals surface area contributed by atoms with Gasteiger partial charge in [0.05, 0.1) is 0 Å². The predicted octanol–water partition coefficient (Wildman–Crippen LogP) is 2.08. The molecule has 1 fully saturated rings. The van der Waals surface area contributed by atoms with Gasteiger partial charge in [-0.15, -0.1) is 0 Å².